The van der Waals surface area contributed by atoms with Gasteiger partial charge in [0.1, 0.15) is 23.9 Å². The molecule has 0 atom stereocenters. The van der Waals surface area contributed by atoms with Crippen LogP contribution in [-0.2, 0) is 6.61 Å². The van der Waals surface area contributed by atoms with Crippen molar-refractivity contribution in [2.24, 2.45) is 0 Å². The van der Waals surface area contributed by atoms with Gasteiger partial charge in [-0.05, 0) is 106 Å². The number of carbonyl (C=O) groups excluding carboxylic acids is 2. The Bertz CT molecular complexity index is 1410. The first-order valence-electron chi connectivity index (χ1n) is 17.2. The van der Waals surface area contributed by atoms with Gasteiger partial charge in [0.25, 0.3) is 0 Å². The molecule has 6 rings (SSSR count). The Balaban J connectivity index is 0.000000208. The van der Waals surface area contributed by atoms with Crippen LogP contribution in [0.3, 0.4) is 0 Å². The highest BCUT2D eigenvalue weighted by atomic mass is 16.5. The summed E-state index contributed by atoms with van der Waals surface area (Å²) < 4.78 is 16.5. The molecular formula is C39H52N2O7. The Morgan fingerprint density at radius 3 is 1.50 bits per heavy atom. The predicted molar refractivity (Wildman–Crippen MR) is 189 cm³/mol. The van der Waals surface area contributed by atoms with Crippen molar-refractivity contribution < 1.29 is 33.4 Å². The Hall–Kier alpha value is -4.02. The second-order valence-electron chi connectivity index (χ2n) is 11.4. The van der Waals surface area contributed by atoms with Crippen LogP contribution < -0.4 is 4.74 Å². The molecule has 9 heteroatoms. The standard InChI is InChI=1S/C18H21NO3.C12H10O3.C7H15NO.C2H6/c20-14-17-8-9-18(22-17)15-4-6-16(7-5-15)21-13-12-19-10-2-1-3-11-19;13-7-9-1-3-10(4-2-9)12-6-5-11(8-14)15-12;9-7-6-8-4-2-1-3-5-8;1-2/h4-9,14H,1-3,10-13H2;1-6,8,13H,7H2;9H,1-7H2;1-2H3. The molecule has 0 radical (unpaired) electrons. The number of rotatable bonds is 11. The fourth-order valence-corrected chi connectivity index (χ4v) is 5.43. The van der Waals surface area contributed by atoms with Gasteiger partial charge in [-0.25, -0.2) is 0 Å². The van der Waals surface area contributed by atoms with Crippen LogP contribution in [0.15, 0.2) is 81.6 Å². The van der Waals surface area contributed by atoms with Crippen molar-refractivity contribution in [1.82, 2.24) is 9.80 Å². The minimum Gasteiger partial charge on any atom is -0.492 e. The molecule has 4 heterocycles. The van der Waals surface area contributed by atoms with Crippen molar-refractivity contribution in [1.29, 1.82) is 0 Å². The smallest absolute Gasteiger partial charge is 0.185 e. The lowest BCUT2D eigenvalue weighted by molar-refractivity contribution is 0.109. The van der Waals surface area contributed by atoms with E-state index in [4.69, 9.17) is 23.8 Å². The monoisotopic (exact) mass is 660 g/mol. The molecule has 4 aromatic rings. The zero-order valence-corrected chi connectivity index (χ0v) is 28.5. The first-order valence-corrected chi connectivity index (χ1v) is 17.2. The summed E-state index contributed by atoms with van der Waals surface area (Å²) in [6.45, 7) is 11.7. The first kappa shape index (κ1) is 38.4. The summed E-state index contributed by atoms with van der Waals surface area (Å²) in [4.78, 5) is 25.8. The van der Waals surface area contributed by atoms with Gasteiger partial charge < -0.3 is 28.7 Å². The number of carbonyl (C=O) groups is 2. The lowest BCUT2D eigenvalue weighted by Crippen LogP contribution is -2.33. The average Bonchev–Trinajstić information content (AvgIpc) is 3.85. The van der Waals surface area contributed by atoms with Crippen LogP contribution in [-0.4, -0.2) is 85.1 Å². The minimum absolute atomic E-state index is 0.0258. The van der Waals surface area contributed by atoms with Crippen LogP contribution in [0.25, 0.3) is 22.6 Å². The van der Waals surface area contributed by atoms with Crippen LogP contribution in [0, 0.1) is 0 Å². The lowest BCUT2D eigenvalue weighted by atomic mass is 10.1. The van der Waals surface area contributed by atoms with E-state index in [2.05, 4.69) is 9.80 Å². The molecule has 2 aliphatic heterocycles. The lowest BCUT2D eigenvalue weighted by Gasteiger charge is -2.26. The molecule has 0 spiro atoms. The van der Waals surface area contributed by atoms with E-state index in [1.54, 1.807) is 24.3 Å². The average molecular weight is 661 g/mol. The third kappa shape index (κ3) is 13.2. The van der Waals surface area contributed by atoms with Crippen LogP contribution >= 0.6 is 0 Å². The van der Waals surface area contributed by atoms with E-state index in [1.165, 1.54) is 64.7 Å². The number of aldehydes is 2. The quantitative estimate of drug-likeness (QED) is 0.159. The van der Waals surface area contributed by atoms with E-state index in [9.17, 15) is 9.59 Å². The van der Waals surface area contributed by atoms with Gasteiger partial charge in [-0.3, -0.25) is 14.5 Å². The van der Waals surface area contributed by atoms with Gasteiger partial charge in [0, 0.05) is 24.2 Å². The summed E-state index contributed by atoms with van der Waals surface area (Å²) in [6.07, 6.45) is 9.37. The molecule has 0 unspecified atom stereocenters. The molecule has 2 aromatic carbocycles. The molecular weight excluding hydrogens is 608 g/mol. The summed E-state index contributed by atoms with van der Waals surface area (Å²) in [5.74, 6) is 2.87. The number of benzene rings is 2. The van der Waals surface area contributed by atoms with Crippen molar-refractivity contribution in [2.75, 3.05) is 52.5 Å². The van der Waals surface area contributed by atoms with Gasteiger partial charge in [0.15, 0.2) is 24.1 Å². The summed E-state index contributed by atoms with van der Waals surface area (Å²) in [5.41, 5.74) is 2.68. The third-order valence-electron chi connectivity index (χ3n) is 8.04. The molecule has 0 bridgehead atoms. The molecule has 48 heavy (non-hydrogen) atoms. The zero-order chi connectivity index (χ0) is 34.4. The fraction of sp³-hybridized carbons (Fsp3) is 0.436. The fourth-order valence-electron chi connectivity index (χ4n) is 5.43. The molecule has 0 amide bonds. The van der Waals surface area contributed by atoms with Crippen molar-refractivity contribution >= 4 is 12.6 Å². The van der Waals surface area contributed by atoms with E-state index in [-0.39, 0.29) is 6.61 Å². The van der Waals surface area contributed by atoms with E-state index in [0.717, 1.165) is 42.1 Å². The number of furan rings is 2. The van der Waals surface area contributed by atoms with Crippen molar-refractivity contribution in [2.45, 2.75) is 59.0 Å². The van der Waals surface area contributed by atoms with Gasteiger partial charge in [0.05, 0.1) is 13.2 Å². The Labute approximate surface area is 285 Å². The summed E-state index contributed by atoms with van der Waals surface area (Å²) in [6, 6.07) is 22.0. The second-order valence-corrected chi connectivity index (χ2v) is 11.4. The van der Waals surface area contributed by atoms with Crippen LogP contribution in [0.1, 0.15) is 79.0 Å². The van der Waals surface area contributed by atoms with Crippen LogP contribution in [0.4, 0.5) is 0 Å². The number of hydrogen-bond donors (Lipinski definition) is 2. The highest BCUT2D eigenvalue weighted by Crippen LogP contribution is 2.24. The number of piperidine rings is 2. The highest BCUT2D eigenvalue weighted by molar-refractivity contribution is 5.73. The molecule has 2 saturated heterocycles. The normalized spacial score (nSPS) is 14.7. The Morgan fingerprint density at radius 2 is 1.08 bits per heavy atom. The van der Waals surface area contributed by atoms with E-state index in [1.807, 2.05) is 62.4 Å². The summed E-state index contributed by atoms with van der Waals surface area (Å²) >= 11 is 0. The molecule has 260 valence electrons. The Kier molecular flexibility index (Phi) is 18.0. The number of β-amino-alcohol motifs (C(OH)–C–C–N with tert-alkyl or cyclic N) is 1. The van der Waals surface area contributed by atoms with Gasteiger partial charge in [-0.1, -0.05) is 51.0 Å². The van der Waals surface area contributed by atoms with E-state index in [0.29, 0.717) is 42.2 Å². The topological polar surface area (TPSA) is 117 Å². The molecule has 9 nitrogen and oxygen atoms in total. The van der Waals surface area contributed by atoms with Crippen molar-refractivity contribution in [3.63, 3.8) is 0 Å². The number of ether oxygens (including phenoxy) is 1. The first-order chi connectivity index (χ1) is 23.6. The third-order valence-corrected chi connectivity index (χ3v) is 8.04. The number of likely N-dealkylation sites (tertiary alicyclic amines) is 2. The maximum Gasteiger partial charge on any atom is 0.185 e. The molecule has 2 aliphatic rings. The van der Waals surface area contributed by atoms with E-state index >= 15 is 0 Å². The van der Waals surface area contributed by atoms with Crippen LogP contribution in [0.5, 0.6) is 5.75 Å². The molecule has 2 aromatic heterocycles. The van der Waals surface area contributed by atoms with Gasteiger partial charge in [-0.15, -0.1) is 0 Å². The zero-order valence-electron chi connectivity index (χ0n) is 28.5. The predicted octanol–water partition coefficient (Wildman–Crippen LogP) is 7.37. The van der Waals surface area contributed by atoms with Gasteiger partial charge in [-0.2, -0.15) is 0 Å². The van der Waals surface area contributed by atoms with Crippen molar-refractivity contribution in [3.05, 3.63) is 89.9 Å². The van der Waals surface area contributed by atoms with Crippen LogP contribution in [0.2, 0.25) is 0 Å². The SMILES string of the molecule is CC.O=Cc1ccc(-c2ccc(CO)cc2)o1.O=Cc1ccc(-c2ccc(OCCN3CCCCC3)cc2)o1.OCCN1CCCCC1. The van der Waals surface area contributed by atoms with Gasteiger partial charge in [0.2, 0.25) is 0 Å². The number of aliphatic hydroxyl groups is 2. The number of hydrogen-bond acceptors (Lipinski definition) is 9. The number of nitrogens with zero attached hydrogens (tertiary/aromatic N) is 2. The van der Waals surface area contributed by atoms with Crippen molar-refractivity contribution in [3.8, 4) is 28.4 Å². The summed E-state index contributed by atoms with van der Waals surface area (Å²) in [7, 11) is 0. The maximum atomic E-state index is 10.6. The van der Waals surface area contributed by atoms with E-state index < -0.39 is 0 Å². The summed E-state index contributed by atoms with van der Waals surface area (Å²) in [5, 5.41) is 17.4. The second kappa shape index (κ2) is 22.5. The molecule has 0 aliphatic carbocycles. The van der Waals surface area contributed by atoms with Gasteiger partial charge >= 0.3 is 0 Å². The largest absolute Gasteiger partial charge is 0.492 e. The number of aliphatic hydroxyl groups excluding tert-OH is 2. The Morgan fingerprint density at radius 1 is 0.625 bits per heavy atom. The maximum absolute atomic E-state index is 10.6. The molecule has 0 saturated carbocycles. The highest BCUT2D eigenvalue weighted by Gasteiger charge is 2.10. The minimum atomic E-state index is 0.0258. The molecule has 2 N–H and O–H groups in total. The molecule has 2 fully saturated rings.